The van der Waals surface area contributed by atoms with Crippen molar-refractivity contribution in [1.29, 1.82) is 0 Å². The number of amides is 1. The van der Waals surface area contributed by atoms with E-state index in [0.717, 1.165) is 12.8 Å². The van der Waals surface area contributed by atoms with Gasteiger partial charge in [-0.2, -0.15) is 0 Å². The van der Waals surface area contributed by atoms with Gasteiger partial charge in [0.2, 0.25) is 0 Å². The Morgan fingerprint density at radius 3 is 2.54 bits per heavy atom. The number of halogens is 1. The van der Waals surface area contributed by atoms with Gasteiger partial charge in [-0.15, -0.1) is 0 Å². The number of nitrogens with zero attached hydrogens (tertiary/aromatic N) is 1. The summed E-state index contributed by atoms with van der Waals surface area (Å²) in [5.74, 6) is -0.382. The van der Waals surface area contributed by atoms with E-state index in [0.29, 0.717) is 5.92 Å². The lowest BCUT2D eigenvalue weighted by molar-refractivity contribution is 0.0727. The van der Waals surface area contributed by atoms with Crippen molar-refractivity contribution in [3.63, 3.8) is 0 Å². The highest BCUT2D eigenvalue weighted by molar-refractivity contribution is 7.92. The van der Waals surface area contributed by atoms with Gasteiger partial charge >= 0.3 is 0 Å². The number of anilines is 1. The SMILES string of the molecule is CC(C1CC1)N(C)C(=O)c1cccc(S(=O)(=O)Nc2ccccc2F)c1. The fourth-order valence-corrected chi connectivity index (χ4v) is 3.94. The number of hydrogen-bond donors (Lipinski definition) is 1. The maximum Gasteiger partial charge on any atom is 0.262 e. The Balaban J connectivity index is 1.84. The normalized spacial score (nSPS) is 15.3. The second kappa shape index (κ2) is 7.07. The van der Waals surface area contributed by atoms with Crippen LogP contribution in [0.2, 0.25) is 0 Å². The van der Waals surface area contributed by atoms with Crippen molar-refractivity contribution in [2.75, 3.05) is 11.8 Å². The minimum Gasteiger partial charge on any atom is -0.339 e. The fraction of sp³-hybridized carbons (Fsp3) is 0.316. The van der Waals surface area contributed by atoms with Crippen LogP contribution in [0.4, 0.5) is 10.1 Å². The summed E-state index contributed by atoms with van der Waals surface area (Å²) in [6.07, 6.45) is 2.22. The number of carbonyl (C=O) groups is 1. The molecule has 0 heterocycles. The lowest BCUT2D eigenvalue weighted by atomic mass is 10.1. The Kier molecular flexibility index (Phi) is 5.00. The minimum atomic E-state index is -4.00. The summed E-state index contributed by atoms with van der Waals surface area (Å²) in [5.41, 5.74) is 0.153. The smallest absolute Gasteiger partial charge is 0.262 e. The molecule has 138 valence electrons. The third kappa shape index (κ3) is 3.88. The molecule has 1 unspecified atom stereocenters. The molecule has 2 aromatic carbocycles. The number of hydrogen-bond acceptors (Lipinski definition) is 3. The Morgan fingerprint density at radius 2 is 1.88 bits per heavy atom. The van der Waals surface area contributed by atoms with Crippen LogP contribution in [0.25, 0.3) is 0 Å². The monoisotopic (exact) mass is 376 g/mol. The third-order valence-corrected chi connectivity index (χ3v) is 6.11. The quantitative estimate of drug-likeness (QED) is 0.839. The maximum atomic E-state index is 13.7. The van der Waals surface area contributed by atoms with Gasteiger partial charge in [0.15, 0.2) is 0 Å². The Hall–Kier alpha value is -2.41. The van der Waals surface area contributed by atoms with Gasteiger partial charge in [0, 0.05) is 18.7 Å². The fourth-order valence-electron chi connectivity index (χ4n) is 2.83. The van der Waals surface area contributed by atoms with E-state index >= 15 is 0 Å². The van der Waals surface area contributed by atoms with Crippen molar-refractivity contribution >= 4 is 21.6 Å². The first kappa shape index (κ1) is 18.4. The van der Waals surface area contributed by atoms with E-state index in [-0.39, 0.29) is 28.1 Å². The van der Waals surface area contributed by atoms with E-state index in [1.54, 1.807) is 18.0 Å². The molecule has 0 bridgehead atoms. The lowest BCUT2D eigenvalue weighted by Crippen LogP contribution is -2.36. The molecule has 1 fully saturated rings. The summed E-state index contributed by atoms with van der Waals surface area (Å²) in [4.78, 5) is 14.2. The summed E-state index contributed by atoms with van der Waals surface area (Å²) in [7, 11) is -2.28. The van der Waals surface area contributed by atoms with Crippen LogP contribution < -0.4 is 4.72 Å². The molecule has 0 saturated heterocycles. The van der Waals surface area contributed by atoms with E-state index in [9.17, 15) is 17.6 Å². The molecule has 0 aliphatic heterocycles. The zero-order chi connectivity index (χ0) is 18.9. The lowest BCUT2D eigenvalue weighted by Gasteiger charge is -2.25. The van der Waals surface area contributed by atoms with Crippen LogP contribution in [0.15, 0.2) is 53.4 Å². The predicted octanol–water partition coefficient (Wildman–Crippen LogP) is 3.50. The highest BCUT2D eigenvalue weighted by atomic mass is 32.2. The molecular formula is C19H21FN2O3S. The molecule has 1 aliphatic carbocycles. The highest BCUT2D eigenvalue weighted by Gasteiger charge is 2.33. The summed E-state index contributed by atoms with van der Waals surface area (Å²) < 4.78 is 41.0. The number of rotatable bonds is 6. The van der Waals surface area contributed by atoms with Crippen LogP contribution in [-0.2, 0) is 10.0 Å². The maximum absolute atomic E-state index is 13.7. The van der Waals surface area contributed by atoms with Gasteiger partial charge in [0.25, 0.3) is 15.9 Å². The highest BCUT2D eigenvalue weighted by Crippen LogP contribution is 2.35. The molecule has 1 amide bonds. The van der Waals surface area contributed by atoms with Gasteiger partial charge in [-0.1, -0.05) is 18.2 Å². The topological polar surface area (TPSA) is 66.5 Å². The molecule has 1 atom stereocenters. The van der Waals surface area contributed by atoms with Gasteiger partial charge in [0.05, 0.1) is 10.6 Å². The van der Waals surface area contributed by atoms with Crippen molar-refractivity contribution in [2.24, 2.45) is 5.92 Å². The van der Waals surface area contributed by atoms with E-state index in [1.165, 1.54) is 42.5 Å². The Labute approximate surface area is 152 Å². The molecule has 3 rings (SSSR count). The zero-order valence-corrected chi connectivity index (χ0v) is 15.5. The summed E-state index contributed by atoms with van der Waals surface area (Å²) in [6, 6.07) is 11.4. The van der Waals surface area contributed by atoms with Crippen LogP contribution in [-0.4, -0.2) is 32.3 Å². The zero-order valence-electron chi connectivity index (χ0n) is 14.6. The van der Waals surface area contributed by atoms with Gasteiger partial charge < -0.3 is 4.90 Å². The predicted molar refractivity (Wildman–Crippen MR) is 97.9 cm³/mol. The number of sulfonamides is 1. The third-order valence-electron chi connectivity index (χ3n) is 4.74. The molecule has 26 heavy (non-hydrogen) atoms. The molecule has 0 aromatic heterocycles. The molecule has 1 saturated carbocycles. The largest absolute Gasteiger partial charge is 0.339 e. The van der Waals surface area contributed by atoms with Crippen LogP contribution in [0.5, 0.6) is 0 Å². The molecule has 0 spiro atoms. The number of carbonyl (C=O) groups excluding carboxylic acids is 1. The van der Waals surface area contributed by atoms with Gasteiger partial charge in [0.1, 0.15) is 5.82 Å². The number of nitrogens with one attached hydrogen (secondary N) is 1. The van der Waals surface area contributed by atoms with Crippen molar-refractivity contribution in [3.8, 4) is 0 Å². The molecular weight excluding hydrogens is 355 g/mol. The van der Waals surface area contributed by atoms with Crippen LogP contribution in [0.3, 0.4) is 0 Å². The first-order chi connectivity index (χ1) is 12.3. The van der Waals surface area contributed by atoms with Crippen molar-refractivity contribution < 1.29 is 17.6 Å². The Bertz CT molecular complexity index is 926. The average Bonchev–Trinajstić information content (AvgIpc) is 3.47. The molecule has 7 heteroatoms. The van der Waals surface area contributed by atoms with Crippen molar-refractivity contribution in [2.45, 2.75) is 30.7 Å². The van der Waals surface area contributed by atoms with Gasteiger partial charge in [-0.3, -0.25) is 9.52 Å². The van der Waals surface area contributed by atoms with Gasteiger partial charge in [-0.25, -0.2) is 12.8 Å². The molecule has 1 aliphatic rings. The summed E-state index contributed by atoms with van der Waals surface area (Å²) in [6.45, 7) is 2.00. The second-order valence-electron chi connectivity index (χ2n) is 6.61. The van der Waals surface area contributed by atoms with Crippen molar-refractivity contribution in [1.82, 2.24) is 4.90 Å². The molecule has 5 nitrogen and oxygen atoms in total. The molecule has 0 radical (unpaired) electrons. The van der Waals surface area contributed by atoms with Crippen LogP contribution in [0, 0.1) is 11.7 Å². The first-order valence-electron chi connectivity index (χ1n) is 8.44. The van der Waals surface area contributed by atoms with E-state index in [4.69, 9.17) is 0 Å². The van der Waals surface area contributed by atoms with E-state index < -0.39 is 15.8 Å². The minimum absolute atomic E-state index is 0.0842. The second-order valence-corrected chi connectivity index (χ2v) is 8.29. The van der Waals surface area contributed by atoms with E-state index in [1.807, 2.05) is 6.92 Å². The first-order valence-corrected chi connectivity index (χ1v) is 9.92. The summed E-state index contributed by atoms with van der Waals surface area (Å²) in [5, 5.41) is 0. The van der Waals surface area contributed by atoms with Gasteiger partial charge in [-0.05, 0) is 56.0 Å². The van der Waals surface area contributed by atoms with Crippen molar-refractivity contribution in [3.05, 3.63) is 59.9 Å². The molecule has 1 N–H and O–H groups in total. The molecule has 2 aromatic rings. The van der Waals surface area contributed by atoms with Crippen LogP contribution >= 0.6 is 0 Å². The van der Waals surface area contributed by atoms with E-state index in [2.05, 4.69) is 4.72 Å². The average molecular weight is 376 g/mol. The number of para-hydroxylation sites is 1. The standard InChI is InChI=1S/C19H21FN2O3S/c1-13(14-10-11-14)22(2)19(23)15-6-5-7-16(12-15)26(24,25)21-18-9-4-3-8-17(18)20/h3-9,12-14,21H,10-11H2,1-2H3. The summed E-state index contributed by atoms with van der Waals surface area (Å²) >= 11 is 0. The van der Waals surface area contributed by atoms with Crippen LogP contribution in [0.1, 0.15) is 30.1 Å². The Morgan fingerprint density at radius 1 is 1.19 bits per heavy atom. The number of benzene rings is 2.